The van der Waals surface area contributed by atoms with Crippen molar-refractivity contribution in [3.05, 3.63) is 35.9 Å². The molecular weight excluding hydrogens is 264 g/mol. The van der Waals surface area contributed by atoms with Crippen LogP contribution in [0.5, 0.6) is 0 Å². The molecule has 0 spiro atoms. The average Bonchev–Trinajstić information content (AvgIpc) is 2.47. The third-order valence-electron chi connectivity index (χ3n) is 4.57. The molecule has 0 unspecified atom stereocenters. The van der Waals surface area contributed by atoms with Gasteiger partial charge < -0.3 is 10.0 Å². The third kappa shape index (κ3) is 2.46. The summed E-state index contributed by atoms with van der Waals surface area (Å²) in [5.74, 6) is 0.298. The summed E-state index contributed by atoms with van der Waals surface area (Å²) in [6.45, 7) is 5.40. The highest BCUT2D eigenvalue weighted by molar-refractivity contribution is 5.82. The highest BCUT2D eigenvalue weighted by Gasteiger charge is 2.37. The number of hydrogen-bond donors (Lipinski definition) is 1. The van der Waals surface area contributed by atoms with Crippen LogP contribution in [-0.4, -0.2) is 29.1 Å². The molecule has 0 aliphatic carbocycles. The van der Waals surface area contributed by atoms with Gasteiger partial charge in [-0.2, -0.15) is 0 Å². The molecule has 110 valence electrons. The van der Waals surface area contributed by atoms with E-state index in [1.807, 2.05) is 25.1 Å². The number of aliphatic carboxylic acids is 1. The second kappa shape index (κ2) is 5.02. The zero-order valence-electron chi connectivity index (χ0n) is 12.5. The molecule has 1 aliphatic rings. The summed E-state index contributed by atoms with van der Waals surface area (Å²) >= 11 is 0. The number of pyridine rings is 1. The topological polar surface area (TPSA) is 53.4 Å². The fourth-order valence-corrected chi connectivity index (χ4v) is 2.96. The number of nitrogens with zero attached hydrogens (tertiary/aromatic N) is 2. The number of anilines is 1. The maximum Gasteiger partial charge on any atom is 0.309 e. The summed E-state index contributed by atoms with van der Waals surface area (Å²) in [7, 11) is 0. The van der Waals surface area contributed by atoms with Crippen LogP contribution in [0.2, 0.25) is 0 Å². The molecule has 1 saturated heterocycles. The third-order valence-corrected chi connectivity index (χ3v) is 4.57. The van der Waals surface area contributed by atoms with E-state index in [0.717, 1.165) is 35.4 Å². The molecule has 4 nitrogen and oxygen atoms in total. The Balaban J connectivity index is 1.88. The van der Waals surface area contributed by atoms with E-state index < -0.39 is 11.4 Å². The highest BCUT2D eigenvalue weighted by Crippen LogP contribution is 2.34. The van der Waals surface area contributed by atoms with Crippen molar-refractivity contribution in [2.24, 2.45) is 5.41 Å². The maximum absolute atomic E-state index is 11.3. The normalized spacial score (nSPS) is 17.9. The maximum atomic E-state index is 11.3. The first kappa shape index (κ1) is 13.9. The zero-order valence-corrected chi connectivity index (χ0v) is 12.5. The number of aromatic nitrogens is 1. The monoisotopic (exact) mass is 284 g/mol. The van der Waals surface area contributed by atoms with Crippen LogP contribution in [0.1, 0.15) is 25.3 Å². The van der Waals surface area contributed by atoms with E-state index in [0.29, 0.717) is 12.8 Å². The number of carboxylic acids is 1. The summed E-state index contributed by atoms with van der Waals surface area (Å²) in [5, 5.41) is 10.5. The van der Waals surface area contributed by atoms with E-state index in [9.17, 15) is 9.90 Å². The van der Waals surface area contributed by atoms with Gasteiger partial charge in [0.15, 0.2) is 0 Å². The van der Waals surface area contributed by atoms with Gasteiger partial charge >= 0.3 is 5.97 Å². The molecular formula is C17H20N2O2. The Morgan fingerprint density at radius 2 is 1.95 bits per heavy atom. The summed E-state index contributed by atoms with van der Waals surface area (Å²) in [6.07, 6.45) is 1.33. The van der Waals surface area contributed by atoms with Crippen molar-refractivity contribution in [2.45, 2.75) is 26.7 Å². The number of para-hydroxylation sites is 1. The first-order valence-corrected chi connectivity index (χ1v) is 7.34. The predicted molar refractivity (Wildman–Crippen MR) is 83.7 cm³/mol. The smallest absolute Gasteiger partial charge is 0.309 e. The van der Waals surface area contributed by atoms with E-state index in [4.69, 9.17) is 4.98 Å². The molecule has 0 saturated carbocycles. The Morgan fingerprint density at radius 3 is 2.62 bits per heavy atom. The molecule has 1 aromatic carbocycles. The van der Waals surface area contributed by atoms with E-state index in [-0.39, 0.29) is 0 Å². The number of hydrogen-bond acceptors (Lipinski definition) is 3. The molecule has 1 aliphatic heterocycles. The van der Waals surface area contributed by atoms with Gasteiger partial charge in [-0.15, -0.1) is 0 Å². The largest absolute Gasteiger partial charge is 0.481 e. The lowest BCUT2D eigenvalue weighted by atomic mass is 9.80. The van der Waals surface area contributed by atoms with E-state index >= 15 is 0 Å². The van der Waals surface area contributed by atoms with Gasteiger partial charge in [-0.25, -0.2) is 4.98 Å². The molecule has 4 heteroatoms. The SMILES string of the molecule is Cc1cc2ccccc2nc1N1CCC(C)(C(=O)O)CC1. The lowest BCUT2D eigenvalue weighted by Crippen LogP contribution is -2.43. The Morgan fingerprint density at radius 1 is 1.29 bits per heavy atom. The number of fused-ring (bicyclic) bond motifs is 1. The number of carboxylic acid groups (broad SMARTS) is 1. The Kier molecular flexibility index (Phi) is 3.32. The predicted octanol–water partition coefficient (Wildman–Crippen LogP) is 3.23. The Hall–Kier alpha value is -2.10. The van der Waals surface area contributed by atoms with Gasteiger partial charge in [0.1, 0.15) is 5.82 Å². The van der Waals surface area contributed by atoms with Gasteiger partial charge in [0.2, 0.25) is 0 Å². The van der Waals surface area contributed by atoms with Crippen LogP contribution in [0.3, 0.4) is 0 Å². The summed E-state index contributed by atoms with van der Waals surface area (Å²) in [4.78, 5) is 18.3. The van der Waals surface area contributed by atoms with Gasteiger partial charge in [-0.05, 0) is 44.4 Å². The van der Waals surface area contributed by atoms with Crippen molar-refractivity contribution in [1.82, 2.24) is 4.98 Å². The van der Waals surface area contributed by atoms with Gasteiger partial charge in [0, 0.05) is 18.5 Å². The Bertz CT molecular complexity index is 688. The quantitative estimate of drug-likeness (QED) is 0.920. The van der Waals surface area contributed by atoms with Gasteiger partial charge in [0.25, 0.3) is 0 Å². The second-order valence-corrected chi connectivity index (χ2v) is 6.17. The lowest BCUT2D eigenvalue weighted by molar-refractivity contribution is -0.149. The zero-order chi connectivity index (χ0) is 15.0. The minimum Gasteiger partial charge on any atom is -0.481 e. The summed E-state index contributed by atoms with van der Waals surface area (Å²) in [5.41, 5.74) is 1.54. The van der Waals surface area contributed by atoms with Crippen LogP contribution in [0.25, 0.3) is 10.9 Å². The summed E-state index contributed by atoms with van der Waals surface area (Å²) in [6, 6.07) is 10.2. The van der Waals surface area contributed by atoms with Crippen molar-refractivity contribution < 1.29 is 9.90 Å². The van der Waals surface area contributed by atoms with Crippen molar-refractivity contribution in [2.75, 3.05) is 18.0 Å². The molecule has 1 aromatic heterocycles. The molecule has 0 bridgehead atoms. The van der Waals surface area contributed by atoms with E-state index in [1.165, 1.54) is 0 Å². The molecule has 2 aromatic rings. The molecule has 1 fully saturated rings. The van der Waals surface area contributed by atoms with Crippen molar-refractivity contribution in [3.8, 4) is 0 Å². The minimum absolute atomic E-state index is 0.596. The highest BCUT2D eigenvalue weighted by atomic mass is 16.4. The van der Waals surface area contributed by atoms with Crippen LogP contribution < -0.4 is 4.90 Å². The van der Waals surface area contributed by atoms with E-state index in [2.05, 4.69) is 24.0 Å². The lowest BCUT2D eigenvalue weighted by Gasteiger charge is -2.37. The fraction of sp³-hybridized carbons (Fsp3) is 0.412. The van der Waals surface area contributed by atoms with Gasteiger partial charge in [-0.3, -0.25) is 4.79 Å². The summed E-state index contributed by atoms with van der Waals surface area (Å²) < 4.78 is 0. The second-order valence-electron chi connectivity index (χ2n) is 6.17. The number of rotatable bonds is 2. The number of piperidine rings is 1. The van der Waals surface area contributed by atoms with Crippen LogP contribution in [0, 0.1) is 12.3 Å². The Labute approximate surface area is 124 Å². The van der Waals surface area contributed by atoms with E-state index in [1.54, 1.807) is 0 Å². The first-order chi connectivity index (χ1) is 9.99. The number of carbonyl (C=O) groups is 1. The molecule has 21 heavy (non-hydrogen) atoms. The average molecular weight is 284 g/mol. The molecule has 1 N–H and O–H groups in total. The first-order valence-electron chi connectivity index (χ1n) is 7.34. The molecule has 0 radical (unpaired) electrons. The molecule has 0 atom stereocenters. The minimum atomic E-state index is -0.689. The van der Waals surface area contributed by atoms with Gasteiger partial charge in [-0.1, -0.05) is 18.2 Å². The molecule has 2 heterocycles. The van der Waals surface area contributed by atoms with Crippen molar-refractivity contribution in [3.63, 3.8) is 0 Å². The van der Waals surface area contributed by atoms with Crippen LogP contribution in [0.15, 0.2) is 30.3 Å². The van der Waals surface area contributed by atoms with Crippen molar-refractivity contribution >= 4 is 22.7 Å². The molecule has 3 rings (SSSR count). The number of benzene rings is 1. The van der Waals surface area contributed by atoms with Crippen LogP contribution in [0.4, 0.5) is 5.82 Å². The fourth-order valence-electron chi connectivity index (χ4n) is 2.96. The van der Waals surface area contributed by atoms with Crippen LogP contribution in [-0.2, 0) is 4.79 Å². The van der Waals surface area contributed by atoms with Gasteiger partial charge in [0.05, 0.1) is 10.9 Å². The van der Waals surface area contributed by atoms with Crippen LogP contribution >= 0.6 is 0 Å². The molecule has 0 amide bonds. The standard InChI is InChI=1S/C17H20N2O2/c1-12-11-13-5-3-4-6-14(13)18-15(12)19-9-7-17(2,8-10-19)16(20)21/h3-6,11H,7-10H2,1-2H3,(H,20,21). The van der Waals surface area contributed by atoms with Crippen molar-refractivity contribution in [1.29, 1.82) is 0 Å². The number of aryl methyl sites for hydroxylation is 1.